The average molecular weight is 273 g/mol. The lowest BCUT2D eigenvalue weighted by Crippen LogP contribution is -2.48. The van der Waals surface area contributed by atoms with Crippen molar-refractivity contribution in [2.45, 2.75) is 25.4 Å². The SMILES string of the molecule is CC(O)(CNC(=O)N1CCNC(=O)CC1)CC(=O)O. The Kier molecular flexibility index (Phi) is 5.11. The van der Waals surface area contributed by atoms with Crippen LogP contribution in [0.15, 0.2) is 0 Å². The van der Waals surface area contributed by atoms with Crippen molar-refractivity contribution >= 4 is 17.9 Å². The van der Waals surface area contributed by atoms with Crippen LogP contribution < -0.4 is 10.6 Å². The summed E-state index contributed by atoms with van der Waals surface area (Å²) in [6, 6.07) is -0.415. The number of carbonyl (C=O) groups is 3. The predicted molar refractivity (Wildman–Crippen MR) is 65.5 cm³/mol. The van der Waals surface area contributed by atoms with Crippen molar-refractivity contribution < 1.29 is 24.6 Å². The third kappa shape index (κ3) is 5.56. The zero-order valence-electron chi connectivity index (χ0n) is 10.8. The van der Waals surface area contributed by atoms with Crippen LogP contribution in [0.2, 0.25) is 0 Å². The first-order valence-electron chi connectivity index (χ1n) is 6.04. The fourth-order valence-corrected chi connectivity index (χ4v) is 1.74. The van der Waals surface area contributed by atoms with Gasteiger partial charge in [-0.1, -0.05) is 0 Å². The second-order valence-electron chi connectivity index (χ2n) is 4.81. The summed E-state index contributed by atoms with van der Waals surface area (Å²) in [6.07, 6.45) is -0.216. The molecule has 1 atom stereocenters. The van der Waals surface area contributed by atoms with E-state index in [1.807, 2.05) is 0 Å². The van der Waals surface area contributed by atoms with Gasteiger partial charge in [-0.2, -0.15) is 0 Å². The average Bonchev–Trinajstić information content (AvgIpc) is 2.49. The molecule has 4 N–H and O–H groups in total. The van der Waals surface area contributed by atoms with Crippen LogP contribution in [-0.4, -0.2) is 64.8 Å². The van der Waals surface area contributed by atoms with Gasteiger partial charge >= 0.3 is 12.0 Å². The molecule has 3 amide bonds. The molecule has 0 spiro atoms. The maximum atomic E-state index is 11.8. The number of nitrogens with one attached hydrogen (secondary N) is 2. The van der Waals surface area contributed by atoms with Gasteiger partial charge in [0.05, 0.1) is 12.0 Å². The van der Waals surface area contributed by atoms with Crippen LogP contribution in [0, 0.1) is 0 Å². The van der Waals surface area contributed by atoms with E-state index in [-0.39, 0.29) is 18.9 Å². The number of rotatable bonds is 4. The molecule has 0 bridgehead atoms. The second-order valence-corrected chi connectivity index (χ2v) is 4.81. The molecular weight excluding hydrogens is 254 g/mol. The van der Waals surface area contributed by atoms with Gasteiger partial charge in [0.1, 0.15) is 0 Å². The van der Waals surface area contributed by atoms with Gasteiger partial charge in [0.15, 0.2) is 0 Å². The molecule has 0 aromatic carbocycles. The lowest BCUT2D eigenvalue weighted by Gasteiger charge is -2.25. The molecule has 0 radical (unpaired) electrons. The number of amides is 3. The van der Waals surface area contributed by atoms with E-state index in [1.165, 1.54) is 11.8 Å². The van der Waals surface area contributed by atoms with E-state index < -0.39 is 24.0 Å². The summed E-state index contributed by atoms with van der Waals surface area (Å²) in [7, 11) is 0. The number of carbonyl (C=O) groups excluding carboxylic acids is 2. The Labute approximate surface area is 110 Å². The lowest BCUT2D eigenvalue weighted by molar-refractivity contribution is -0.141. The van der Waals surface area contributed by atoms with Gasteiger partial charge in [0.25, 0.3) is 0 Å². The maximum absolute atomic E-state index is 11.8. The zero-order chi connectivity index (χ0) is 14.5. The Bertz CT molecular complexity index is 369. The molecule has 8 heteroatoms. The first kappa shape index (κ1) is 15.2. The quantitative estimate of drug-likeness (QED) is 0.510. The van der Waals surface area contributed by atoms with Crippen molar-refractivity contribution in [3.05, 3.63) is 0 Å². The number of urea groups is 1. The van der Waals surface area contributed by atoms with Crippen LogP contribution >= 0.6 is 0 Å². The molecule has 0 aromatic heterocycles. The standard InChI is InChI=1S/C11H19N3O5/c1-11(19,6-9(16)17)7-13-10(18)14-4-2-8(15)12-3-5-14/h19H,2-7H2,1H3,(H,12,15)(H,13,18)(H,16,17). The topological polar surface area (TPSA) is 119 Å². The van der Waals surface area contributed by atoms with Crippen molar-refractivity contribution in [3.8, 4) is 0 Å². The van der Waals surface area contributed by atoms with Crippen molar-refractivity contribution in [2.24, 2.45) is 0 Å². The first-order valence-corrected chi connectivity index (χ1v) is 6.04. The van der Waals surface area contributed by atoms with Crippen LogP contribution in [0.5, 0.6) is 0 Å². The van der Waals surface area contributed by atoms with Crippen LogP contribution in [0.3, 0.4) is 0 Å². The summed E-state index contributed by atoms with van der Waals surface area (Å²) in [5, 5.41) is 23.5. The van der Waals surface area contributed by atoms with E-state index in [4.69, 9.17) is 5.11 Å². The molecule has 108 valence electrons. The normalized spacial score (nSPS) is 19.1. The molecule has 8 nitrogen and oxygen atoms in total. The van der Waals surface area contributed by atoms with Gasteiger partial charge in [0, 0.05) is 32.6 Å². The lowest BCUT2D eigenvalue weighted by atomic mass is 10.0. The largest absolute Gasteiger partial charge is 0.481 e. The monoisotopic (exact) mass is 273 g/mol. The minimum Gasteiger partial charge on any atom is -0.481 e. The molecule has 1 aliphatic heterocycles. The highest BCUT2D eigenvalue weighted by Crippen LogP contribution is 2.08. The van der Waals surface area contributed by atoms with Crippen molar-refractivity contribution in [3.63, 3.8) is 0 Å². The highest BCUT2D eigenvalue weighted by molar-refractivity contribution is 5.79. The zero-order valence-corrected chi connectivity index (χ0v) is 10.8. The minimum absolute atomic E-state index is 0.104. The molecule has 0 saturated carbocycles. The molecule has 1 heterocycles. The maximum Gasteiger partial charge on any atom is 0.317 e. The predicted octanol–water partition coefficient (Wildman–Crippen LogP) is -1.26. The molecule has 1 fully saturated rings. The summed E-state index contributed by atoms with van der Waals surface area (Å²) in [4.78, 5) is 34.9. The number of aliphatic carboxylic acids is 1. The molecule has 0 aromatic rings. The van der Waals surface area contributed by atoms with Gasteiger partial charge in [0.2, 0.25) is 5.91 Å². The van der Waals surface area contributed by atoms with E-state index in [9.17, 15) is 19.5 Å². The summed E-state index contributed by atoms with van der Waals surface area (Å²) in [5.41, 5.74) is -1.50. The van der Waals surface area contributed by atoms with Gasteiger partial charge in [-0.3, -0.25) is 9.59 Å². The minimum atomic E-state index is -1.50. The van der Waals surface area contributed by atoms with E-state index in [0.29, 0.717) is 19.6 Å². The summed E-state index contributed by atoms with van der Waals surface area (Å²) in [6.45, 7) is 2.26. The van der Waals surface area contributed by atoms with Crippen LogP contribution in [0.1, 0.15) is 19.8 Å². The summed E-state index contributed by atoms with van der Waals surface area (Å²) < 4.78 is 0. The van der Waals surface area contributed by atoms with Gasteiger partial charge in [-0.05, 0) is 6.92 Å². The number of carboxylic acid groups (broad SMARTS) is 1. The summed E-state index contributed by atoms with van der Waals surface area (Å²) >= 11 is 0. The van der Waals surface area contributed by atoms with E-state index in [2.05, 4.69) is 10.6 Å². The van der Waals surface area contributed by atoms with E-state index in [1.54, 1.807) is 0 Å². The van der Waals surface area contributed by atoms with Crippen LogP contribution in [-0.2, 0) is 9.59 Å². The van der Waals surface area contributed by atoms with Crippen molar-refractivity contribution in [1.29, 1.82) is 0 Å². The Morgan fingerprint density at radius 2 is 2.16 bits per heavy atom. The Morgan fingerprint density at radius 3 is 2.79 bits per heavy atom. The Morgan fingerprint density at radius 1 is 1.47 bits per heavy atom. The molecule has 1 saturated heterocycles. The Hall–Kier alpha value is -1.83. The van der Waals surface area contributed by atoms with Crippen molar-refractivity contribution in [1.82, 2.24) is 15.5 Å². The molecule has 1 rings (SSSR count). The molecule has 0 aliphatic carbocycles. The highest BCUT2D eigenvalue weighted by atomic mass is 16.4. The van der Waals surface area contributed by atoms with Gasteiger partial charge < -0.3 is 25.7 Å². The fraction of sp³-hybridized carbons (Fsp3) is 0.727. The highest BCUT2D eigenvalue weighted by Gasteiger charge is 2.26. The molecular formula is C11H19N3O5. The number of carboxylic acids is 1. The second kappa shape index (κ2) is 6.37. The number of aliphatic hydroxyl groups is 1. The number of nitrogens with zero attached hydrogens (tertiary/aromatic N) is 1. The molecule has 19 heavy (non-hydrogen) atoms. The van der Waals surface area contributed by atoms with Gasteiger partial charge in [-0.25, -0.2) is 4.79 Å². The molecule has 1 unspecified atom stereocenters. The van der Waals surface area contributed by atoms with Gasteiger partial charge in [-0.15, -0.1) is 0 Å². The van der Waals surface area contributed by atoms with Crippen LogP contribution in [0.25, 0.3) is 0 Å². The van der Waals surface area contributed by atoms with Crippen LogP contribution in [0.4, 0.5) is 4.79 Å². The van der Waals surface area contributed by atoms with E-state index in [0.717, 1.165) is 0 Å². The first-order chi connectivity index (χ1) is 8.80. The third-order valence-electron chi connectivity index (χ3n) is 2.75. The number of hydrogen-bond acceptors (Lipinski definition) is 4. The van der Waals surface area contributed by atoms with E-state index >= 15 is 0 Å². The van der Waals surface area contributed by atoms with Crippen molar-refractivity contribution in [2.75, 3.05) is 26.2 Å². The summed E-state index contributed by atoms with van der Waals surface area (Å²) in [5.74, 6) is -1.24. The smallest absolute Gasteiger partial charge is 0.317 e. The number of hydrogen-bond donors (Lipinski definition) is 4. The fourth-order valence-electron chi connectivity index (χ4n) is 1.74. The third-order valence-corrected chi connectivity index (χ3v) is 2.75. The Balaban J connectivity index is 2.42. The molecule has 1 aliphatic rings.